The van der Waals surface area contributed by atoms with Crippen LogP contribution in [-0.2, 0) is 0 Å². The maximum atomic E-state index is 2.82. The third-order valence-electron chi connectivity index (χ3n) is 5.11. The number of hydrogen-bond acceptors (Lipinski definition) is 1. The summed E-state index contributed by atoms with van der Waals surface area (Å²) in [7, 11) is 0. The summed E-state index contributed by atoms with van der Waals surface area (Å²) in [5, 5.41) is 0. The van der Waals surface area contributed by atoms with E-state index in [2.05, 4.69) is 18.7 Å². The lowest BCUT2D eigenvalue weighted by atomic mass is 9.76. The van der Waals surface area contributed by atoms with Crippen LogP contribution in [-0.4, -0.2) is 23.5 Å². The molecule has 1 nitrogen and oxygen atoms in total. The summed E-state index contributed by atoms with van der Waals surface area (Å²) in [6.07, 6.45) is 7.46. The first-order chi connectivity index (χ1) is 7.22. The molecule has 3 fully saturated rings. The second kappa shape index (κ2) is 3.76. The summed E-state index contributed by atoms with van der Waals surface area (Å²) in [4.78, 5) is 2.82. The Morgan fingerprint density at radius 3 is 2.40 bits per heavy atom. The molecule has 0 bridgehead atoms. The van der Waals surface area contributed by atoms with Gasteiger partial charge in [0.15, 0.2) is 0 Å². The van der Waals surface area contributed by atoms with Gasteiger partial charge in [0.1, 0.15) is 0 Å². The maximum Gasteiger partial charge on any atom is 0.0266 e. The molecule has 0 N–H and O–H groups in total. The zero-order chi connectivity index (χ0) is 11.1. The lowest BCUT2D eigenvalue weighted by Gasteiger charge is -2.37. The highest BCUT2D eigenvalue weighted by Crippen LogP contribution is 2.67. The Morgan fingerprint density at radius 1 is 1.20 bits per heavy atom. The van der Waals surface area contributed by atoms with Gasteiger partial charge in [-0.15, -0.1) is 0 Å². The van der Waals surface area contributed by atoms with Crippen LogP contribution in [0.15, 0.2) is 0 Å². The molecule has 0 aromatic rings. The standard InChI is InChI=1S/C12H21N.C2H6/c1-3-12-8-10(2)9-13(12)7-6-11(12)4-5-11;1-2/h10H,3-9H2,1-2H3;1-2H3/t10-,12-;/m1./s1. The Hall–Kier alpha value is -0.0400. The van der Waals surface area contributed by atoms with E-state index in [-0.39, 0.29) is 0 Å². The van der Waals surface area contributed by atoms with E-state index < -0.39 is 0 Å². The van der Waals surface area contributed by atoms with Crippen LogP contribution in [0.2, 0.25) is 0 Å². The van der Waals surface area contributed by atoms with Crippen molar-refractivity contribution >= 4 is 0 Å². The third-order valence-corrected chi connectivity index (χ3v) is 5.11. The molecule has 0 unspecified atom stereocenters. The van der Waals surface area contributed by atoms with Crippen molar-refractivity contribution in [3.8, 4) is 0 Å². The van der Waals surface area contributed by atoms with E-state index >= 15 is 0 Å². The fourth-order valence-electron chi connectivity index (χ4n) is 4.37. The van der Waals surface area contributed by atoms with Gasteiger partial charge in [0.2, 0.25) is 0 Å². The number of nitrogens with zero attached hydrogens (tertiary/aromatic N) is 1. The topological polar surface area (TPSA) is 3.24 Å². The van der Waals surface area contributed by atoms with Crippen molar-refractivity contribution in [1.29, 1.82) is 0 Å². The van der Waals surface area contributed by atoms with Crippen LogP contribution in [0.1, 0.15) is 59.8 Å². The van der Waals surface area contributed by atoms with Crippen LogP contribution in [0.25, 0.3) is 0 Å². The van der Waals surface area contributed by atoms with E-state index in [9.17, 15) is 0 Å². The molecular weight excluding hydrogens is 182 g/mol. The molecule has 0 aromatic heterocycles. The highest BCUT2D eigenvalue weighted by atomic mass is 15.3. The van der Waals surface area contributed by atoms with Gasteiger partial charge >= 0.3 is 0 Å². The molecule has 1 saturated carbocycles. The lowest BCUT2D eigenvalue weighted by Crippen LogP contribution is -2.43. The predicted molar refractivity (Wildman–Crippen MR) is 66.0 cm³/mol. The van der Waals surface area contributed by atoms with Gasteiger partial charge in [-0.05, 0) is 50.0 Å². The Morgan fingerprint density at radius 2 is 1.87 bits per heavy atom. The number of rotatable bonds is 1. The highest BCUT2D eigenvalue weighted by molar-refractivity contribution is 5.20. The average molecular weight is 209 g/mol. The van der Waals surface area contributed by atoms with E-state index in [0.29, 0.717) is 5.54 Å². The third kappa shape index (κ3) is 1.39. The van der Waals surface area contributed by atoms with Crippen LogP contribution in [0, 0.1) is 11.3 Å². The molecule has 2 heterocycles. The Balaban J connectivity index is 0.000000404. The van der Waals surface area contributed by atoms with E-state index in [1.54, 1.807) is 0 Å². The molecule has 15 heavy (non-hydrogen) atoms. The summed E-state index contributed by atoms with van der Waals surface area (Å²) in [6.45, 7) is 11.6. The number of fused-ring (bicyclic) bond motifs is 2. The normalized spacial score (nSPS) is 41.2. The summed E-state index contributed by atoms with van der Waals surface area (Å²) in [6, 6.07) is 0. The van der Waals surface area contributed by atoms with Crippen LogP contribution in [0.5, 0.6) is 0 Å². The molecule has 1 aliphatic carbocycles. The van der Waals surface area contributed by atoms with Crippen molar-refractivity contribution in [3.05, 3.63) is 0 Å². The second-order valence-electron chi connectivity index (χ2n) is 5.67. The highest BCUT2D eigenvalue weighted by Gasteiger charge is 2.66. The summed E-state index contributed by atoms with van der Waals surface area (Å²) in [5.41, 5.74) is 1.46. The molecule has 2 aliphatic heterocycles. The van der Waals surface area contributed by atoms with Gasteiger partial charge in [0, 0.05) is 12.1 Å². The lowest BCUT2D eigenvalue weighted by molar-refractivity contribution is 0.131. The molecule has 0 aromatic carbocycles. The average Bonchev–Trinajstić information content (AvgIpc) is 2.91. The molecule has 0 amide bonds. The van der Waals surface area contributed by atoms with Gasteiger partial charge in [-0.3, -0.25) is 4.90 Å². The second-order valence-corrected chi connectivity index (χ2v) is 5.67. The first kappa shape index (κ1) is 11.4. The zero-order valence-corrected chi connectivity index (χ0v) is 11.0. The molecule has 3 rings (SSSR count). The van der Waals surface area contributed by atoms with Crippen LogP contribution in [0.3, 0.4) is 0 Å². The molecule has 3 aliphatic rings. The predicted octanol–water partition coefficient (Wildman–Crippen LogP) is 3.69. The van der Waals surface area contributed by atoms with Crippen molar-refractivity contribution < 1.29 is 0 Å². The fourth-order valence-corrected chi connectivity index (χ4v) is 4.37. The van der Waals surface area contributed by atoms with Crippen LogP contribution < -0.4 is 0 Å². The van der Waals surface area contributed by atoms with E-state index in [4.69, 9.17) is 0 Å². The van der Waals surface area contributed by atoms with Crippen LogP contribution >= 0.6 is 0 Å². The zero-order valence-electron chi connectivity index (χ0n) is 11.0. The summed E-state index contributed by atoms with van der Waals surface area (Å²) >= 11 is 0. The summed E-state index contributed by atoms with van der Waals surface area (Å²) < 4.78 is 0. The molecule has 88 valence electrons. The minimum Gasteiger partial charge on any atom is -0.297 e. The van der Waals surface area contributed by atoms with E-state index in [1.165, 1.54) is 45.2 Å². The molecule has 1 spiro atoms. The molecule has 1 heteroatoms. The largest absolute Gasteiger partial charge is 0.297 e. The van der Waals surface area contributed by atoms with Gasteiger partial charge in [-0.25, -0.2) is 0 Å². The van der Waals surface area contributed by atoms with Crippen LogP contribution in [0.4, 0.5) is 0 Å². The van der Waals surface area contributed by atoms with Gasteiger partial charge in [0.25, 0.3) is 0 Å². The minimum absolute atomic E-state index is 0.659. The smallest absolute Gasteiger partial charge is 0.0266 e. The van der Waals surface area contributed by atoms with Crippen molar-refractivity contribution in [2.75, 3.05) is 13.1 Å². The first-order valence-electron chi connectivity index (χ1n) is 6.97. The molecule has 2 atom stereocenters. The monoisotopic (exact) mass is 209 g/mol. The molecule has 0 radical (unpaired) electrons. The van der Waals surface area contributed by atoms with Crippen molar-refractivity contribution in [3.63, 3.8) is 0 Å². The van der Waals surface area contributed by atoms with Gasteiger partial charge in [-0.2, -0.15) is 0 Å². The Kier molecular flexibility index (Phi) is 2.87. The van der Waals surface area contributed by atoms with E-state index in [0.717, 1.165) is 11.3 Å². The first-order valence-corrected chi connectivity index (χ1v) is 6.97. The van der Waals surface area contributed by atoms with Gasteiger partial charge in [0.05, 0.1) is 0 Å². The molecular formula is C14H27N. The molecule has 2 saturated heterocycles. The fraction of sp³-hybridized carbons (Fsp3) is 1.00. The number of hydrogen-bond donors (Lipinski definition) is 0. The van der Waals surface area contributed by atoms with Crippen molar-refractivity contribution in [1.82, 2.24) is 4.90 Å². The summed E-state index contributed by atoms with van der Waals surface area (Å²) in [5.74, 6) is 0.956. The maximum absolute atomic E-state index is 2.82. The van der Waals surface area contributed by atoms with Crippen molar-refractivity contribution in [2.45, 2.75) is 65.3 Å². The van der Waals surface area contributed by atoms with Gasteiger partial charge < -0.3 is 0 Å². The Labute approximate surface area is 95.2 Å². The Bertz CT molecular complexity index is 231. The SMILES string of the molecule is CC.CC[C@]12C[C@@H](C)CN1CCC21CC1. The van der Waals surface area contributed by atoms with E-state index in [1.807, 2.05) is 13.8 Å². The minimum atomic E-state index is 0.659. The van der Waals surface area contributed by atoms with Crippen molar-refractivity contribution in [2.24, 2.45) is 11.3 Å². The van der Waals surface area contributed by atoms with Gasteiger partial charge in [-0.1, -0.05) is 27.7 Å². The quantitative estimate of drug-likeness (QED) is 0.636.